The van der Waals surface area contributed by atoms with Gasteiger partial charge >= 0.3 is 0 Å². The third-order valence-corrected chi connectivity index (χ3v) is 3.01. The van der Waals surface area contributed by atoms with Crippen molar-refractivity contribution >= 4 is 12.4 Å². The van der Waals surface area contributed by atoms with Gasteiger partial charge in [-0.3, -0.25) is 0 Å². The molecule has 1 saturated heterocycles. The Morgan fingerprint density at radius 2 is 1.33 bits per heavy atom. The van der Waals surface area contributed by atoms with E-state index in [0.29, 0.717) is 11.8 Å². The van der Waals surface area contributed by atoms with Crippen LogP contribution in [0.4, 0.5) is 0 Å². The molecule has 0 aromatic rings. The summed E-state index contributed by atoms with van der Waals surface area (Å²) < 4.78 is 0. The van der Waals surface area contributed by atoms with Crippen molar-refractivity contribution in [2.45, 2.75) is 25.0 Å². The van der Waals surface area contributed by atoms with E-state index in [4.69, 9.17) is 0 Å². The van der Waals surface area contributed by atoms with Gasteiger partial charge in [0.25, 0.3) is 0 Å². The van der Waals surface area contributed by atoms with Crippen molar-refractivity contribution in [2.75, 3.05) is 13.1 Å². The number of aliphatic hydroxyl groups is 2. The van der Waals surface area contributed by atoms with Crippen molar-refractivity contribution in [3.8, 4) is 0 Å². The SMILES string of the molecule is Cl.O[C@@H]1C[C@H]2CNC[C@H]2C[C@@H]1O. The molecule has 0 unspecified atom stereocenters. The third-order valence-electron chi connectivity index (χ3n) is 3.01. The highest BCUT2D eigenvalue weighted by molar-refractivity contribution is 5.85. The van der Waals surface area contributed by atoms with E-state index >= 15 is 0 Å². The fourth-order valence-corrected chi connectivity index (χ4v) is 2.27. The number of halogens is 1. The molecule has 12 heavy (non-hydrogen) atoms. The number of aliphatic hydroxyl groups excluding tert-OH is 2. The number of hydrogen-bond donors (Lipinski definition) is 3. The van der Waals surface area contributed by atoms with Crippen molar-refractivity contribution in [3.63, 3.8) is 0 Å². The second-order valence-corrected chi connectivity index (χ2v) is 3.78. The van der Waals surface area contributed by atoms with E-state index in [1.54, 1.807) is 0 Å². The van der Waals surface area contributed by atoms with Crippen LogP contribution in [0.15, 0.2) is 0 Å². The zero-order valence-corrected chi connectivity index (χ0v) is 7.76. The Hall–Kier alpha value is 0.170. The van der Waals surface area contributed by atoms with Crippen LogP contribution in [-0.4, -0.2) is 35.5 Å². The largest absolute Gasteiger partial charge is 0.390 e. The maximum absolute atomic E-state index is 9.35. The molecule has 72 valence electrons. The zero-order chi connectivity index (χ0) is 7.84. The molecular weight excluding hydrogens is 178 g/mol. The summed E-state index contributed by atoms with van der Waals surface area (Å²) in [6.45, 7) is 2.04. The van der Waals surface area contributed by atoms with E-state index in [-0.39, 0.29) is 12.4 Å². The average molecular weight is 194 g/mol. The molecule has 0 aromatic heterocycles. The van der Waals surface area contributed by atoms with Gasteiger partial charge in [0.1, 0.15) is 0 Å². The van der Waals surface area contributed by atoms with E-state index in [1.807, 2.05) is 0 Å². The van der Waals surface area contributed by atoms with Crippen LogP contribution in [0.2, 0.25) is 0 Å². The topological polar surface area (TPSA) is 52.5 Å². The minimum atomic E-state index is -0.476. The summed E-state index contributed by atoms with van der Waals surface area (Å²) >= 11 is 0. The maximum Gasteiger partial charge on any atom is 0.0802 e. The van der Waals surface area contributed by atoms with Gasteiger partial charge in [-0.1, -0.05) is 0 Å². The van der Waals surface area contributed by atoms with Crippen LogP contribution >= 0.6 is 12.4 Å². The van der Waals surface area contributed by atoms with Gasteiger partial charge in [0, 0.05) is 0 Å². The summed E-state index contributed by atoms with van der Waals surface area (Å²) in [6, 6.07) is 0. The van der Waals surface area contributed by atoms with Crippen molar-refractivity contribution in [1.29, 1.82) is 0 Å². The van der Waals surface area contributed by atoms with Gasteiger partial charge in [0.15, 0.2) is 0 Å². The highest BCUT2D eigenvalue weighted by Gasteiger charge is 2.37. The Balaban J connectivity index is 0.000000720. The first kappa shape index (κ1) is 10.3. The Bertz CT molecular complexity index is 140. The molecule has 0 amide bonds. The predicted molar refractivity (Wildman–Crippen MR) is 48.3 cm³/mol. The summed E-state index contributed by atoms with van der Waals surface area (Å²) in [7, 11) is 0. The summed E-state index contributed by atoms with van der Waals surface area (Å²) in [4.78, 5) is 0. The Labute approximate surface area is 78.6 Å². The number of fused-ring (bicyclic) bond motifs is 1. The highest BCUT2D eigenvalue weighted by atomic mass is 35.5. The lowest BCUT2D eigenvalue weighted by Gasteiger charge is -2.32. The fraction of sp³-hybridized carbons (Fsp3) is 1.00. The molecule has 3 N–H and O–H groups in total. The molecule has 4 heteroatoms. The number of nitrogens with one attached hydrogen (secondary N) is 1. The number of hydrogen-bond acceptors (Lipinski definition) is 3. The summed E-state index contributed by atoms with van der Waals surface area (Å²) in [5, 5.41) is 22.0. The van der Waals surface area contributed by atoms with Crippen LogP contribution in [0.1, 0.15) is 12.8 Å². The van der Waals surface area contributed by atoms with Gasteiger partial charge in [-0.25, -0.2) is 0 Å². The van der Waals surface area contributed by atoms with Gasteiger partial charge in [-0.15, -0.1) is 12.4 Å². The molecule has 0 aromatic carbocycles. The van der Waals surface area contributed by atoms with Gasteiger partial charge in [0.05, 0.1) is 12.2 Å². The minimum absolute atomic E-state index is 0. The van der Waals surface area contributed by atoms with Crippen molar-refractivity contribution < 1.29 is 10.2 Å². The molecule has 2 fully saturated rings. The van der Waals surface area contributed by atoms with Crippen molar-refractivity contribution in [3.05, 3.63) is 0 Å². The first-order valence-corrected chi connectivity index (χ1v) is 4.34. The lowest BCUT2D eigenvalue weighted by atomic mass is 9.79. The molecule has 1 aliphatic heterocycles. The van der Waals surface area contributed by atoms with Crippen LogP contribution in [0.3, 0.4) is 0 Å². The predicted octanol–water partition coefficient (Wildman–Crippen LogP) is -0.241. The van der Waals surface area contributed by atoms with Gasteiger partial charge in [0.2, 0.25) is 0 Å². The van der Waals surface area contributed by atoms with Crippen LogP contribution in [0.5, 0.6) is 0 Å². The molecule has 1 aliphatic carbocycles. The number of rotatable bonds is 0. The molecule has 1 heterocycles. The second kappa shape index (κ2) is 3.92. The van der Waals surface area contributed by atoms with Crippen LogP contribution in [0.25, 0.3) is 0 Å². The summed E-state index contributed by atoms with van der Waals surface area (Å²) in [5.41, 5.74) is 0. The van der Waals surface area contributed by atoms with Gasteiger partial charge in [-0.05, 0) is 37.8 Å². The smallest absolute Gasteiger partial charge is 0.0802 e. The highest BCUT2D eigenvalue weighted by Crippen LogP contribution is 2.32. The quantitative estimate of drug-likeness (QED) is 0.498. The standard InChI is InChI=1S/C8H15NO2.ClH/c10-7-1-5-3-9-4-6(5)2-8(7)11;/h5-11H,1-4H2;1H/t5-,6+,7+,8-;. The normalized spacial score (nSPS) is 46.5. The molecule has 2 aliphatic rings. The molecule has 0 bridgehead atoms. The van der Waals surface area contributed by atoms with E-state index in [0.717, 1.165) is 25.9 Å². The van der Waals surface area contributed by atoms with Gasteiger partial charge in [-0.2, -0.15) is 0 Å². The molecule has 1 saturated carbocycles. The van der Waals surface area contributed by atoms with Crippen molar-refractivity contribution in [1.82, 2.24) is 5.32 Å². The van der Waals surface area contributed by atoms with Crippen LogP contribution in [-0.2, 0) is 0 Å². The van der Waals surface area contributed by atoms with Crippen LogP contribution < -0.4 is 5.32 Å². The zero-order valence-electron chi connectivity index (χ0n) is 6.94. The lowest BCUT2D eigenvalue weighted by molar-refractivity contribution is -0.0372. The first-order chi connectivity index (χ1) is 5.27. The van der Waals surface area contributed by atoms with Crippen molar-refractivity contribution in [2.24, 2.45) is 11.8 Å². The average Bonchev–Trinajstić information content (AvgIpc) is 2.36. The Kier molecular flexibility index (Phi) is 3.35. The second-order valence-electron chi connectivity index (χ2n) is 3.78. The van der Waals surface area contributed by atoms with E-state index < -0.39 is 12.2 Å². The molecular formula is C8H16ClNO2. The van der Waals surface area contributed by atoms with E-state index in [9.17, 15) is 10.2 Å². The van der Waals surface area contributed by atoms with Crippen LogP contribution in [0, 0.1) is 11.8 Å². The van der Waals surface area contributed by atoms with E-state index in [2.05, 4.69) is 5.32 Å². The fourth-order valence-electron chi connectivity index (χ4n) is 2.27. The van der Waals surface area contributed by atoms with E-state index in [1.165, 1.54) is 0 Å². The molecule has 0 spiro atoms. The Morgan fingerprint density at radius 3 is 1.75 bits per heavy atom. The molecule has 2 rings (SSSR count). The molecule has 0 radical (unpaired) electrons. The first-order valence-electron chi connectivity index (χ1n) is 4.34. The molecule has 3 nitrogen and oxygen atoms in total. The summed E-state index contributed by atoms with van der Waals surface area (Å²) in [6.07, 6.45) is 0.602. The third kappa shape index (κ3) is 1.74. The molecule has 4 atom stereocenters. The van der Waals surface area contributed by atoms with Gasteiger partial charge < -0.3 is 15.5 Å². The monoisotopic (exact) mass is 193 g/mol. The Morgan fingerprint density at radius 1 is 0.917 bits per heavy atom. The lowest BCUT2D eigenvalue weighted by Crippen LogP contribution is -2.38. The maximum atomic E-state index is 9.35. The minimum Gasteiger partial charge on any atom is -0.390 e. The summed E-state index contributed by atoms with van der Waals surface area (Å²) in [5.74, 6) is 1.21.